The van der Waals surface area contributed by atoms with Crippen LogP contribution in [0.4, 0.5) is 5.69 Å². The Morgan fingerprint density at radius 3 is 2.57 bits per heavy atom. The molecule has 0 amide bonds. The average Bonchev–Trinajstić information content (AvgIpc) is 3.00. The monoisotopic (exact) mass is 295 g/mol. The first-order chi connectivity index (χ1) is 10.2. The fraction of sp³-hybridized carbons (Fsp3) is 0.176. The van der Waals surface area contributed by atoms with Crippen molar-refractivity contribution < 1.29 is 0 Å². The summed E-state index contributed by atoms with van der Waals surface area (Å²) in [7, 11) is 0. The second-order valence-corrected chi connectivity index (χ2v) is 5.49. The Morgan fingerprint density at radius 2 is 1.86 bits per heavy atom. The molecule has 0 fully saturated rings. The van der Waals surface area contributed by atoms with Gasteiger partial charge in [0.25, 0.3) is 0 Å². The molecule has 0 unspecified atom stereocenters. The minimum absolute atomic E-state index is 0.177. The van der Waals surface area contributed by atoms with Crippen molar-refractivity contribution in [3.8, 4) is 0 Å². The predicted molar refractivity (Wildman–Crippen MR) is 91.5 cm³/mol. The lowest BCUT2D eigenvalue weighted by Crippen LogP contribution is -2.31. The zero-order chi connectivity index (χ0) is 14.7. The first kappa shape index (κ1) is 13.8. The number of aryl methyl sites for hydroxylation is 1. The second-order valence-electron chi connectivity index (χ2n) is 5.10. The SMILES string of the molecule is Cc1ccc(NC(=S)N2N=CC[C@H]2c2ccccc2)cc1. The van der Waals surface area contributed by atoms with Crippen LogP contribution >= 0.6 is 12.2 Å². The summed E-state index contributed by atoms with van der Waals surface area (Å²) in [6.07, 6.45) is 2.79. The molecule has 0 spiro atoms. The number of thiocarbonyl (C=S) groups is 1. The number of hydrazone groups is 1. The molecule has 1 aliphatic heterocycles. The van der Waals surface area contributed by atoms with Crippen LogP contribution in [0.3, 0.4) is 0 Å². The highest BCUT2D eigenvalue weighted by molar-refractivity contribution is 7.80. The van der Waals surface area contributed by atoms with Crippen LogP contribution in [0.5, 0.6) is 0 Å². The fourth-order valence-corrected chi connectivity index (χ4v) is 2.67. The molecule has 1 atom stereocenters. The lowest BCUT2D eigenvalue weighted by atomic mass is 10.1. The maximum absolute atomic E-state index is 5.51. The smallest absolute Gasteiger partial charge is 0.194 e. The second kappa shape index (κ2) is 6.06. The number of benzene rings is 2. The summed E-state index contributed by atoms with van der Waals surface area (Å²) in [6, 6.07) is 18.7. The van der Waals surface area contributed by atoms with E-state index in [4.69, 9.17) is 12.2 Å². The normalized spacial score (nSPS) is 17.0. The Labute approximate surface area is 130 Å². The van der Waals surface area contributed by atoms with Crippen LogP contribution in [0.25, 0.3) is 0 Å². The maximum Gasteiger partial charge on any atom is 0.194 e. The van der Waals surface area contributed by atoms with Crippen molar-refractivity contribution in [2.75, 3.05) is 5.32 Å². The molecule has 3 nitrogen and oxygen atoms in total. The van der Waals surface area contributed by atoms with E-state index in [1.54, 1.807) is 0 Å². The quantitative estimate of drug-likeness (QED) is 0.844. The van der Waals surface area contributed by atoms with E-state index in [2.05, 4.69) is 41.6 Å². The molecule has 106 valence electrons. The van der Waals surface area contributed by atoms with E-state index < -0.39 is 0 Å². The van der Waals surface area contributed by atoms with Crippen molar-refractivity contribution in [3.63, 3.8) is 0 Å². The Balaban J connectivity index is 1.74. The summed E-state index contributed by atoms with van der Waals surface area (Å²) < 4.78 is 0. The lowest BCUT2D eigenvalue weighted by molar-refractivity contribution is 0.375. The summed E-state index contributed by atoms with van der Waals surface area (Å²) in [5.74, 6) is 0. The molecule has 2 aromatic rings. The number of nitrogens with zero attached hydrogens (tertiary/aromatic N) is 2. The van der Waals surface area contributed by atoms with E-state index >= 15 is 0 Å². The van der Waals surface area contributed by atoms with Crippen LogP contribution < -0.4 is 5.32 Å². The zero-order valence-electron chi connectivity index (χ0n) is 11.9. The number of hydrogen-bond donors (Lipinski definition) is 1. The van der Waals surface area contributed by atoms with Crippen molar-refractivity contribution in [1.82, 2.24) is 5.01 Å². The van der Waals surface area contributed by atoms with Gasteiger partial charge in [0.1, 0.15) is 0 Å². The molecule has 0 bridgehead atoms. The Hall–Kier alpha value is -2.20. The van der Waals surface area contributed by atoms with Crippen LogP contribution in [-0.2, 0) is 0 Å². The maximum atomic E-state index is 5.51. The third kappa shape index (κ3) is 3.11. The highest BCUT2D eigenvalue weighted by Gasteiger charge is 2.25. The van der Waals surface area contributed by atoms with Gasteiger partial charge in [0.05, 0.1) is 6.04 Å². The highest BCUT2D eigenvalue weighted by Crippen LogP contribution is 2.28. The van der Waals surface area contributed by atoms with Gasteiger partial charge < -0.3 is 5.32 Å². The van der Waals surface area contributed by atoms with E-state index in [-0.39, 0.29) is 6.04 Å². The Bertz CT molecular complexity index is 649. The third-order valence-electron chi connectivity index (χ3n) is 3.53. The predicted octanol–water partition coefficient (Wildman–Crippen LogP) is 4.12. The average molecular weight is 295 g/mol. The van der Waals surface area contributed by atoms with Gasteiger partial charge in [0, 0.05) is 18.3 Å². The molecule has 0 radical (unpaired) electrons. The van der Waals surface area contributed by atoms with Crippen LogP contribution in [0.2, 0.25) is 0 Å². The summed E-state index contributed by atoms with van der Waals surface area (Å²) in [6.45, 7) is 2.07. The van der Waals surface area contributed by atoms with Gasteiger partial charge in [-0.3, -0.25) is 0 Å². The van der Waals surface area contributed by atoms with Gasteiger partial charge in [-0.2, -0.15) is 5.10 Å². The van der Waals surface area contributed by atoms with Gasteiger partial charge in [-0.1, -0.05) is 48.0 Å². The van der Waals surface area contributed by atoms with E-state index in [0.717, 1.165) is 12.1 Å². The minimum atomic E-state index is 0.177. The Kier molecular flexibility index (Phi) is 3.97. The minimum Gasteiger partial charge on any atom is -0.331 e. The van der Waals surface area contributed by atoms with E-state index in [1.807, 2.05) is 41.6 Å². The summed E-state index contributed by atoms with van der Waals surface area (Å²) >= 11 is 5.51. The highest BCUT2D eigenvalue weighted by atomic mass is 32.1. The van der Waals surface area contributed by atoms with E-state index in [1.165, 1.54) is 11.1 Å². The van der Waals surface area contributed by atoms with Gasteiger partial charge >= 0.3 is 0 Å². The Morgan fingerprint density at radius 1 is 1.14 bits per heavy atom. The van der Waals surface area contributed by atoms with Gasteiger partial charge in [-0.15, -0.1) is 0 Å². The van der Waals surface area contributed by atoms with E-state index in [9.17, 15) is 0 Å². The van der Waals surface area contributed by atoms with Gasteiger partial charge in [-0.25, -0.2) is 5.01 Å². The third-order valence-corrected chi connectivity index (χ3v) is 3.81. The van der Waals surface area contributed by atoms with Crippen LogP contribution in [-0.4, -0.2) is 16.3 Å². The standard InChI is InChI=1S/C17H17N3S/c1-13-7-9-15(10-8-13)19-17(21)20-16(11-12-18-20)14-5-3-2-4-6-14/h2-10,12,16H,11H2,1H3,(H,19,21)/t16-/m0/s1. The molecule has 4 heteroatoms. The number of nitrogens with one attached hydrogen (secondary N) is 1. The van der Waals surface area contributed by atoms with E-state index in [0.29, 0.717) is 5.11 Å². The molecule has 21 heavy (non-hydrogen) atoms. The van der Waals surface area contributed by atoms with Crippen molar-refractivity contribution in [2.24, 2.45) is 5.10 Å². The molecule has 1 aliphatic rings. The van der Waals surface area contributed by atoms with Crippen molar-refractivity contribution in [2.45, 2.75) is 19.4 Å². The van der Waals surface area contributed by atoms with Gasteiger partial charge in [0.15, 0.2) is 5.11 Å². The van der Waals surface area contributed by atoms with Gasteiger partial charge in [0.2, 0.25) is 0 Å². The van der Waals surface area contributed by atoms with Crippen molar-refractivity contribution in [1.29, 1.82) is 0 Å². The lowest BCUT2D eigenvalue weighted by Gasteiger charge is -2.25. The topological polar surface area (TPSA) is 27.6 Å². The molecular formula is C17H17N3S. The zero-order valence-corrected chi connectivity index (χ0v) is 12.7. The van der Waals surface area contributed by atoms with Crippen molar-refractivity contribution >= 4 is 29.2 Å². The van der Waals surface area contributed by atoms with Gasteiger partial charge in [-0.05, 0) is 36.8 Å². The number of hydrogen-bond acceptors (Lipinski definition) is 2. The number of anilines is 1. The fourth-order valence-electron chi connectivity index (χ4n) is 2.38. The molecular weight excluding hydrogens is 278 g/mol. The first-order valence-electron chi connectivity index (χ1n) is 6.98. The molecule has 0 aromatic heterocycles. The molecule has 1 N–H and O–H groups in total. The summed E-state index contributed by atoms with van der Waals surface area (Å²) in [5.41, 5.74) is 3.44. The molecule has 1 heterocycles. The first-order valence-corrected chi connectivity index (χ1v) is 7.39. The summed E-state index contributed by atoms with van der Waals surface area (Å²) in [5, 5.41) is 10.2. The summed E-state index contributed by atoms with van der Waals surface area (Å²) in [4.78, 5) is 0. The van der Waals surface area contributed by atoms with Crippen LogP contribution in [0.1, 0.15) is 23.6 Å². The molecule has 0 aliphatic carbocycles. The van der Waals surface area contributed by atoms with Crippen molar-refractivity contribution in [3.05, 3.63) is 65.7 Å². The molecule has 2 aromatic carbocycles. The number of rotatable bonds is 2. The molecule has 0 saturated heterocycles. The van der Waals surface area contributed by atoms with Crippen LogP contribution in [0.15, 0.2) is 59.7 Å². The molecule has 0 saturated carbocycles. The molecule has 3 rings (SSSR count). The largest absolute Gasteiger partial charge is 0.331 e. The van der Waals surface area contributed by atoms with Crippen LogP contribution in [0, 0.1) is 6.92 Å².